The summed E-state index contributed by atoms with van der Waals surface area (Å²) < 4.78 is 7.17. The Bertz CT molecular complexity index is 908. The molecule has 5 N–H and O–H groups in total. The van der Waals surface area contributed by atoms with E-state index in [2.05, 4.69) is 27.7 Å². The normalized spacial score (nSPS) is 24.5. The summed E-state index contributed by atoms with van der Waals surface area (Å²) >= 11 is 0. The highest BCUT2D eigenvalue weighted by atomic mass is 16.6. The molecule has 8 nitrogen and oxygen atoms in total. The Hall–Kier alpha value is -2.62. The fourth-order valence-electron chi connectivity index (χ4n) is 3.11. The summed E-state index contributed by atoms with van der Waals surface area (Å²) in [6.45, 7) is -0.407. The third kappa shape index (κ3) is 3.75. The van der Waals surface area contributed by atoms with Gasteiger partial charge in [0.25, 0.3) is 0 Å². The van der Waals surface area contributed by atoms with Crippen LogP contribution in [0.25, 0.3) is 11.0 Å². The number of terminal acetylenes is 1. The van der Waals surface area contributed by atoms with Crippen LogP contribution in [0.3, 0.4) is 0 Å². The van der Waals surface area contributed by atoms with Crippen molar-refractivity contribution in [3.05, 3.63) is 18.1 Å². The minimum atomic E-state index is -1.22. The molecule has 4 atom stereocenters. The van der Waals surface area contributed by atoms with Gasteiger partial charge in [-0.1, -0.05) is 11.8 Å². The highest BCUT2D eigenvalue weighted by Crippen LogP contribution is 2.34. The number of aromatic nitrogens is 3. The lowest BCUT2D eigenvalue weighted by Crippen LogP contribution is -2.33. The molecule has 0 aromatic carbocycles. The molecule has 3 rings (SSSR count). The molecule has 0 saturated carbocycles. The second kappa shape index (κ2) is 8.38. The number of nitrogens with two attached hydrogens (primary N) is 1. The van der Waals surface area contributed by atoms with Crippen LogP contribution < -0.4 is 5.73 Å². The van der Waals surface area contributed by atoms with Gasteiger partial charge in [-0.05, 0) is 12.8 Å². The van der Waals surface area contributed by atoms with Crippen molar-refractivity contribution in [2.24, 2.45) is 0 Å². The van der Waals surface area contributed by atoms with Crippen molar-refractivity contribution in [2.75, 3.05) is 12.3 Å². The number of hydrogen-bond acceptors (Lipinski definition) is 7. The van der Waals surface area contributed by atoms with E-state index < -0.39 is 31.1 Å². The van der Waals surface area contributed by atoms with Crippen molar-refractivity contribution in [1.29, 1.82) is 0 Å². The van der Waals surface area contributed by atoms with Gasteiger partial charge in [0.2, 0.25) is 0 Å². The summed E-state index contributed by atoms with van der Waals surface area (Å²) in [5.41, 5.74) is 7.06. The minimum absolute atomic E-state index is 0.266. The number of anilines is 1. The molecule has 0 bridgehead atoms. The lowest BCUT2D eigenvalue weighted by molar-refractivity contribution is -0.0508. The second-order valence-corrected chi connectivity index (χ2v) is 6.35. The Morgan fingerprint density at radius 1 is 1.22 bits per heavy atom. The van der Waals surface area contributed by atoms with E-state index in [0.717, 1.165) is 19.3 Å². The standard InChI is InChI=1S/C19H22N4O4/c1-2-3-4-5-6-7-8-12-9-23(18-14(12)17(20)21-11-22-18)19-16(26)15(25)13(10-24)27-19/h1,9,11,13,15-16,19,24-26H,3-6,10H2,(H2,20,21,22)/t13-,15-,16-,19-/m1/s1. The Morgan fingerprint density at radius 3 is 2.70 bits per heavy atom. The van der Waals surface area contributed by atoms with Gasteiger partial charge < -0.3 is 30.4 Å². The third-order valence-electron chi connectivity index (χ3n) is 4.53. The Labute approximate surface area is 157 Å². The predicted octanol–water partition coefficient (Wildman–Crippen LogP) is 0.170. The largest absolute Gasteiger partial charge is 0.394 e. The maximum atomic E-state index is 10.3. The zero-order valence-corrected chi connectivity index (χ0v) is 14.7. The maximum Gasteiger partial charge on any atom is 0.164 e. The summed E-state index contributed by atoms with van der Waals surface area (Å²) in [4.78, 5) is 8.25. The molecule has 0 amide bonds. The van der Waals surface area contributed by atoms with Crippen LogP contribution in [-0.4, -0.2) is 54.8 Å². The molecule has 3 heterocycles. The SMILES string of the molecule is C#CCCCCC#Cc1cn([C@@H]2O[C@H](CO)[C@@H](O)[C@H]2O)c2ncnc(N)c12. The van der Waals surface area contributed by atoms with Crippen LogP contribution in [0.15, 0.2) is 12.5 Å². The molecule has 0 radical (unpaired) electrons. The number of aliphatic hydroxyl groups excluding tert-OH is 3. The van der Waals surface area contributed by atoms with Crippen LogP contribution in [0.4, 0.5) is 5.82 Å². The second-order valence-electron chi connectivity index (χ2n) is 6.35. The average molecular weight is 370 g/mol. The summed E-state index contributed by atoms with van der Waals surface area (Å²) in [5.74, 6) is 9.02. The van der Waals surface area contributed by atoms with E-state index >= 15 is 0 Å². The summed E-state index contributed by atoms with van der Waals surface area (Å²) in [5, 5.41) is 30.2. The van der Waals surface area contributed by atoms with E-state index in [0.29, 0.717) is 23.0 Å². The lowest BCUT2D eigenvalue weighted by Gasteiger charge is -2.17. The van der Waals surface area contributed by atoms with E-state index in [-0.39, 0.29) is 5.82 Å². The fourth-order valence-corrected chi connectivity index (χ4v) is 3.11. The average Bonchev–Trinajstić information content (AvgIpc) is 3.17. The summed E-state index contributed by atoms with van der Waals surface area (Å²) in [7, 11) is 0. The topological polar surface area (TPSA) is 127 Å². The molecule has 2 aromatic heterocycles. The van der Waals surface area contributed by atoms with E-state index in [1.54, 1.807) is 10.8 Å². The van der Waals surface area contributed by atoms with Crippen LogP contribution >= 0.6 is 0 Å². The first kappa shape index (κ1) is 19.2. The van der Waals surface area contributed by atoms with Crippen LogP contribution in [0, 0.1) is 24.2 Å². The molecule has 1 aliphatic rings. The molecule has 1 aliphatic heterocycles. The summed E-state index contributed by atoms with van der Waals surface area (Å²) in [6, 6.07) is 0. The van der Waals surface area contributed by atoms with Crippen molar-refractivity contribution >= 4 is 16.9 Å². The van der Waals surface area contributed by atoms with Crippen molar-refractivity contribution in [2.45, 2.75) is 50.2 Å². The minimum Gasteiger partial charge on any atom is -0.394 e. The molecular formula is C19H22N4O4. The van der Waals surface area contributed by atoms with Gasteiger partial charge in [0.1, 0.15) is 36.1 Å². The monoisotopic (exact) mass is 370 g/mol. The highest BCUT2D eigenvalue weighted by Gasteiger charge is 2.44. The molecule has 27 heavy (non-hydrogen) atoms. The Morgan fingerprint density at radius 2 is 2.00 bits per heavy atom. The number of fused-ring (bicyclic) bond motifs is 1. The van der Waals surface area contributed by atoms with Crippen LogP contribution in [0.2, 0.25) is 0 Å². The van der Waals surface area contributed by atoms with Crippen molar-refractivity contribution in [3.63, 3.8) is 0 Å². The van der Waals surface area contributed by atoms with Gasteiger partial charge in [-0.3, -0.25) is 0 Å². The first-order chi connectivity index (χ1) is 13.1. The zero-order valence-electron chi connectivity index (χ0n) is 14.7. The van der Waals surface area contributed by atoms with Crippen LogP contribution in [0.5, 0.6) is 0 Å². The molecule has 2 aromatic rings. The number of rotatable bonds is 5. The quantitative estimate of drug-likeness (QED) is 0.436. The number of unbranched alkanes of at least 4 members (excludes halogenated alkanes) is 3. The molecule has 0 spiro atoms. The molecule has 0 aliphatic carbocycles. The number of nitrogen functional groups attached to an aromatic ring is 1. The van der Waals surface area contributed by atoms with Gasteiger partial charge in [-0.15, -0.1) is 12.3 Å². The molecule has 1 fully saturated rings. The first-order valence-corrected chi connectivity index (χ1v) is 8.74. The van der Waals surface area contributed by atoms with Gasteiger partial charge in [-0.2, -0.15) is 0 Å². The number of hydrogen-bond donors (Lipinski definition) is 4. The van der Waals surface area contributed by atoms with E-state index in [1.165, 1.54) is 6.33 Å². The fraction of sp³-hybridized carbons (Fsp3) is 0.474. The predicted molar refractivity (Wildman–Crippen MR) is 99.1 cm³/mol. The molecule has 0 unspecified atom stereocenters. The van der Waals surface area contributed by atoms with Crippen molar-refractivity contribution in [1.82, 2.24) is 14.5 Å². The van der Waals surface area contributed by atoms with E-state index in [4.69, 9.17) is 16.9 Å². The first-order valence-electron chi connectivity index (χ1n) is 8.74. The Kier molecular flexibility index (Phi) is 5.94. The number of ether oxygens (including phenoxy) is 1. The van der Waals surface area contributed by atoms with Gasteiger partial charge in [0.05, 0.1) is 17.6 Å². The third-order valence-corrected chi connectivity index (χ3v) is 4.53. The lowest BCUT2D eigenvalue weighted by atomic mass is 10.1. The Balaban J connectivity index is 1.93. The van der Waals surface area contributed by atoms with Crippen molar-refractivity contribution in [3.8, 4) is 24.2 Å². The number of nitrogens with zero attached hydrogens (tertiary/aromatic N) is 3. The van der Waals surface area contributed by atoms with Gasteiger partial charge in [-0.25, -0.2) is 9.97 Å². The molecule has 1 saturated heterocycles. The highest BCUT2D eigenvalue weighted by molar-refractivity contribution is 5.92. The van der Waals surface area contributed by atoms with E-state index in [9.17, 15) is 15.3 Å². The molecule has 142 valence electrons. The smallest absolute Gasteiger partial charge is 0.164 e. The van der Waals surface area contributed by atoms with Crippen LogP contribution in [-0.2, 0) is 4.74 Å². The van der Waals surface area contributed by atoms with E-state index in [1.807, 2.05) is 0 Å². The van der Waals surface area contributed by atoms with Gasteiger partial charge in [0, 0.05) is 19.0 Å². The van der Waals surface area contributed by atoms with Gasteiger partial charge in [0.15, 0.2) is 6.23 Å². The zero-order chi connectivity index (χ0) is 19.4. The maximum absolute atomic E-state index is 10.3. The molecular weight excluding hydrogens is 348 g/mol. The van der Waals surface area contributed by atoms with Gasteiger partial charge >= 0.3 is 0 Å². The summed E-state index contributed by atoms with van der Waals surface area (Å²) in [6.07, 6.45) is 7.23. The molecule has 8 heteroatoms. The van der Waals surface area contributed by atoms with Crippen LogP contribution in [0.1, 0.15) is 37.5 Å². The van der Waals surface area contributed by atoms with Crippen molar-refractivity contribution < 1.29 is 20.1 Å². The number of aliphatic hydroxyl groups is 3.